The molecule has 1 aromatic heterocycles. The predicted molar refractivity (Wildman–Crippen MR) is 116 cm³/mol. The van der Waals surface area contributed by atoms with Gasteiger partial charge in [-0.25, -0.2) is 4.98 Å². The molecule has 2 aromatic rings. The molecular formula is C22H24ClFN4O2. The summed E-state index contributed by atoms with van der Waals surface area (Å²) in [5.74, 6) is -1.39. The molecule has 8 heteroatoms. The van der Waals surface area contributed by atoms with Gasteiger partial charge in [0.2, 0.25) is 17.8 Å². The second-order valence-electron chi connectivity index (χ2n) is 7.58. The molecule has 0 aliphatic heterocycles. The number of amides is 2. The average molecular weight is 431 g/mol. The molecule has 158 valence electrons. The number of rotatable bonds is 4. The number of hydrogen-bond donors (Lipinski definition) is 3. The number of anilines is 2. The molecule has 0 fully saturated rings. The van der Waals surface area contributed by atoms with Gasteiger partial charge in [0.05, 0.1) is 10.7 Å². The first-order valence-corrected chi connectivity index (χ1v) is 10.1. The van der Waals surface area contributed by atoms with Crippen molar-refractivity contribution in [2.75, 3.05) is 10.6 Å². The molecule has 1 aromatic carbocycles. The van der Waals surface area contributed by atoms with Crippen molar-refractivity contribution in [1.82, 2.24) is 4.98 Å². The number of benzene rings is 1. The Morgan fingerprint density at radius 1 is 1.30 bits per heavy atom. The number of carbonyl (C=O) groups excluding carboxylic acids is 2. The number of halogens is 2. The highest BCUT2D eigenvalue weighted by molar-refractivity contribution is 6.34. The molecule has 0 saturated heterocycles. The Morgan fingerprint density at radius 2 is 2.07 bits per heavy atom. The number of nitrogens with one attached hydrogen (secondary N) is 2. The molecule has 3 atom stereocenters. The molecule has 0 saturated carbocycles. The number of aromatic nitrogens is 1. The third-order valence-corrected chi connectivity index (χ3v) is 5.63. The van der Waals surface area contributed by atoms with Crippen molar-refractivity contribution in [3.63, 3.8) is 0 Å². The first kappa shape index (κ1) is 21.9. The van der Waals surface area contributed by atoms with Crippen molar-refractivity contribution in [2.45, 2.75) is 38.1 Å². The second-order valence-corrected chi connectivity index (χ2v) is 7.99. The summed E-state index contributed by atoms with van der Waals surface area (Å²) >= 11 is 6.20. The van der Waals surface area contributed by atoms with E-state index in [9.17, 15) is 14.0 Å². The van der Waals surface area contributed by atoms with Crippen molar-refractivity contribution in [3.05, 3.63) is 65.2 Å². The largest absolute Gasteiger partial charge is 0.327 e. The van der Waals surface area contributed by atoms with Gasteiger partial charge in [0.25, 0.3) is 0 Å². The van der Waals surface area contributed by atoms with Crippen LogP contribution in [0, 0.1) is 11.9 Å². The number of carbonyl (C=O) groups is 2. The Labute approximate surface area is 179 Å². The zero-order valence-electron chi connectivity index (χ0n) is 16.6. The van der Waals surface area contributed by atoms with E-state index in [0.29, 0.717) is 41.2 Å². The summed E-state index contributed by atoms with van der Waals surface area (Å²) in [6.07, 6.45) is 3.90. The van der Waals surface area contributed by atoms with Crippen molar-refractivity contribution < 1.29 is 14.0 Å². The van der Waals surface area contributed by atoms with Crippen LogP contribution in [-0.4, -0.2) is 22.8 Å². The lowest BCUT2D eigenvalue weighted by atomic mass is 9.80. The zero-order valence-corrected chi connectivity index (χ0v) is 17.4. The first-order chi connectivity index (χ1) is 14.3. The second kappa shape index (κ2) is 9.36. The monoisotopic (exact) mass is 430 g/mol. The maximum absolute atomic E-state index is 14.2. The fourth-order valence-electron chi connectivity index (χ4n) is 3.84. The van der Waals surface area contributed by atoms with E-state index in [0.717, 1.165) is 11.6 Å². The van der Waals surface area contributed by atoms with E-state index < -0.39 is 5.95 Å². The van der Waals surface area contributed by atoms with Crippen molar-refractivity contribution in [1.29, 1.82) is 0 Å². The Morgan fingerprint density at radius 3 is 2.77 bits per heavy atom. The summed E-state index contributed by atoms with van der Waals surface area (Å²) < 4.78 is 14.2. The molecule has 1 heterocycles. The molecule has 4 N–H and O–H groups in total. The predicted octanol–water partition coefficient (Wildman–Crippen LogP) is 4.02. The number of pyridine rings is 1. The molecule has 1 aliphatic carbocycles. The number of hydrogen-bond acceptors (Lipinski definition) is 4. The summed E-state index contributed by atoms with van der Waals surface area (Å²) in [5, 5.41) is 5.76. The molecule has 30 heavy (non-hydrogen) atoms. The van der Waals surface area contributed by atoms with Crippen LogP contribution < -0.4 is 16.4 Å². The summed E-state index contributed by atoms with van der Waals surface area (Å²) in [4.78, 5) is 28.1. The van der Waals surface area contributed by atoms with Crippen molar-refractivity contribution in [3.8, 4) is 0 Å². The summed E-state index contributed by atoms with van der Waals surface area (Å²) in [7, 11) is 0. The fraction of sp³-hybridized carbons (Fsp3) is 0.318. The highest BCUT2D eigenvalue weighted by Gasteiger charge is 2.30. The van der Waals surface area contributed by atoms with Crippen LogP contribution in [-0.2, 0) is 16.0 Å². The number of nitrogens with zero attached hydrogens (tertiary/aromatic N) is 1. The number of fused-ring (bicyclic) bond motifs is 1. The summed E-state index contributed by atoms with van der Waals surface area (Å²) in [6, 6.07) is 6.28. The van der Waals surface area contributed by atoms with Gasteiger partial charge in [-0.15, -0.1) is 0 Å². The maximum Gasteiger partial charge on any atom is 0.247 e. The van der Waals surface area contributed by atoms with E-state index >= 15 is 0 Å². The third-order valence-electron chi connectivity index (χ3n) is 5.31. The Bertz CT molecular complexity index is 982. The van der Waals surface area contributed by atoms with Crippen LogP contribution in [0.25, 0.3) is 0 Å². The van der Waals surface area contributed by atoms with Gasteiger partial charge >= 0.3 is 0 Å². The molecule has 3 rings (SSSR count). The normalized spacial score (nSPS) is 21.0. The molecule has 0 radical (unpaired) electrons. The maximum atomic E-state index is 14.2. The lowest BCUT2D eigenvalue weighted by molar-refractivity contribution is -0.120. The van der Waals surface area contributed by atoms with Gasteiger partial charge < -0.3 is 16.4 Å². The van der Waals surface area contributed by atoms with Gasteiger partial charge in [-0.05, 0) is 61.1 Å². The SMILES string of the molecule is C=CC(=O)Nc1ccc(NC(=O)C2C[C@H](N)Cc3c(ccnc3F)[C@H](C)C2)cc1Cl. The molecule has 0 spiro atoms. The molecular weight excluding hydrogens is 407 g/mol. The molecule has 6 nitrogen and oxygen atoms in total. The topological polar surface area (TPSA) is 97.1 Å². The highest BCUT2D eigenvalue weighted by Crippen LogP contribution is 2.33. The van der Waals surface area contributed by atoms with Gasteiger partial charge in [-0.3, -0.25) is 9.59 Å². The van der Waals surface area contributed by atoms with Gasteiger partial charge in [0.1, 0.15) is 0 Å². The lowest BCUT2D eigenvalue weighted by Crippen LogP contribution is -2.35. The quantitative estimate of drug-likeness (QED) is 0.504. The fourth-order valence-corrected chi connectivity index (χ4v) is 4.07. The van der Waals surface area contributed by atoms with E-state index in [1.54, 1.807) is 24.3 Å². The Kier molecular flexibility index (Phi) is 6.84. The summed E-state index contributed by atoms with van der Waals surface area (Å²) in [6.45, 7) is 5.37. The first-order valence-electron chi connectivity index (χ1n) is 9.71. The smallest absolute Gasteiger partial charge is 0.247 e. The molecule has 1 aliphatic rings. The van der Waals surface area contributed by atoms with E-state index in [1.807, 2.05) is 6.92 Å². The van der Waals surface area contributed by atoms with E-state index in [4.69, 9.17) is 17.3 Å². The van der Waals surface area contributed by atoms with E-state index in [1.165, 1.54) is 6.20 Å². The van der Waals surface area contributed by atoms with Crippen LogP contribution in [0.2, 0.25) is 5.02 Å². The Balaban J connectivity index is 1.74. The number of nitrogens with two attached hydrogens (primary N) is 1. The van der Waals surface area contributed by atoms with Gasteiger partial charge in [0, 0.05) is 29.4 Å². The summed E-state index contributed by atoms with van der Waals surface area (Å²) in [5.41, 5.74) is 8.54. The van der Waals surface area contributed by atoms with Crippen LogP contribution in [0.4, 0.5) is 15.8 Å². The van der Waals surface area contributed by atoms with Gasteiger partial charge in [-0.1, -0.05) is 25.1 Å². The van der Waals surface area contributed by atoms with Crippen molar-refractivity contribution >= 4 is 34.8 Å². The molecule has 1 unspecified atom stereocenters. The minimum Gasteiger partial charge on any atom is -0.327 e. The minimum atomic E-state index is -0.490. The molecule has 2 amide bonds. The van der Waals surface area contributed by atoms with Crippen LogP contribution in [0.5, 0.6) is 0 Å². The standard InChI is InChI=1S/C22H24ClFN4O2/c1-3-20(29)28-19-5-4-15(11-18(19)23)27-22(30)13-8-12(2)16-6-7-26-21(24)17(16)10-14(25)9-13/h3-7,11-14H,1,8-10,25H2,2H3,(H,27,30)(H,28,29)/t12-,13?,14+/m1/s1. The third kappa shape index (κ3) is 5.04. The van der Waals surface area contributed by atoms with Crippen molar-refractivity contribution in [2.24, 2.45) is 11.7 Å². The van der Waals surface area contributed by atoms with E-state index in [2.05, 4.69) is 22.2 Å². The Hall–Kier alpha value is -2.77. The van der Waals surface area contributed by atoms with Gasteiger partial charge in [-0.2, -0.15) is 4.39 Å². The molecule has 0 bridgehead atoms. The highest BCUT2D eigenvalue weighted by atomic mass is 35.5. The van der Waals surface area contributed by atoms with Gasteiger partial charge in [0.15, 0.2) is 0 Å². The van der Waals surface area contributed by atoms with Crippen LogP contribution in [0.15, 0.2) is 43.1 Å². The zero-order chi connectivity index (χ0) is 21.8. The van der Waals surface area contributed by atoms with Crippen LogP contribution >= 0.6 is 11.6 Å². The lowest BCUT2D eigenvalue weighted by Gasteiger charge is -2.28. The van der Waals surface area contributed by atoms with E-state index in [-0.39, 0.29) is 29.7 Å². The minimum absolute atomic E-state index is 0.0131. The average Bonchev–Trinajstić information content (AvgIpc) is 2.69. The van der Waals surface area contributed by atoms with Crippen LogP contribution in [0.3, 0.4) is 0 Å². The van der Waals surface area contributed by atoms with Crippen LogP contribution in [0.1, 0.15) is 36.8 Å².